The second kappa shape index (κ2) is 2.50. The van der Waals surface area contributed by atoms with Crippen LogP contribution in [0.1, 0.15) is 0 Å². The van der Waals surface area contributed by atoms with E-state index in [-0.39, 0.29) is 0 Å². The zero-order valence-electron chi connectivity index (χ0n) is 8.36. The minimum atomic E-state index is -2.41. The van der Waals surface area contributed by atoms with Crippen LogP contribution in [0, 0.1) is 0 Å². The van der Waals surface area contributed by atoms with Crippen molar-refractivity contribution in [2.45, 2.75) is 39.1 Å². The van der Waals surface area contributed by atoms with E-state index in [1.54, 1.807) is 0 Å². The topological polar surface area (TPSA) is 9.23 Å². The van der Waals surface area contributed by atoms with Gasteiger partial charge in [0.25, 0.3) is 0 Å². The van der Waals surface area contributed by atoms with E-state index in [1.165, 1.54) is 0 Å². The first kappa shape index (κ1) is 11.0. The van der Waals surface area contributed by atoms with Crippen LogP contribution in [-0.2, 0) is 2.70 Å². The molecule has 0 atom stereocenters. The van der Waals surface area contributed by atoms with Gasteiger partial charge in [0.05, 0.1) is 0 Å². The third-order valence-corrected chi connectivity index (χ3v) is 12.9. The molecule has 0 radical (unpaired) electrons. The average molecular weight is 271 g/mol. The maximum absolute atomic E-state index is 6.15. The van der Waals surface area contributed by atoms with Gasteiger partial charge < -0.3 is 0 Å². The van der Waals surface area contributed by atoms with Crippen LogP contribution in [0.15, 0.2) is 0 Å². The molecule has 0 bridgehead atoms. The van der Waals surface area contributed by atoms with Crippen molar-refractivity contribution in [2.24, 2.45) is 0 Å². The van der Waals surface area contributed by atoms with Gasteiger partial charge in [-0.3, -0.25) is 0 Å². The zero-order chi connectivity index (χ0) is 8.65. The Morgan fingerprint density at radius 3 is 1.20 bits per heavy atom. The van der Waals surface area contributed by atoms with Crippen molar-refractivity contribution in [3.8, 4) is 0 Å². The molecule has 0 amide bonds. The van der Waals surface area contributed by atoms with Crippen LogP contribution in [0.4, 0.5) is 0 Å². The normalized spacial score (nSPS) is 18.1. The molecule has 0 aliphatic carbocycles. The summed E-state index contributed by atoms with van der Waals surface area (Å²) in [7, 11) is -1.28. The Hall–Kier alpha value is 0.995. The molecular weight excluding hydrogens is 250 g/mol. The molecule has 10 heavy (non-hydrogen) atoms. The summed E-state index contributed by atoms with van der Waals surface area (Å²) in [5.74, 6) is 0. The maximum atomic E-state index is 6.15. The molecule has 1 nitrogen and oxygen atoms in total. The summed E-state index contributed by atoms with van der Waals surface area (Å²) in [6.07, 6.45) is 0. The van der Waals surface area contributed by atoms with E-state index >= 15 is 0 Å². The number of rotatable bonds is 2. The molecule has 0 aliphatic rings. The second-order valence-electron chi connectivity index (χ2n) is 5.62. The molecule has 0 heterocycles. The van der Waals surface area contributed by atoms with Crippen molar-refractivity contribution in [2.75, 3.05) is 0 Å². The van der Waals surface area contributed by atoms with Gasteiger partial charge >= 0.3 is 68.0 Å². The average Bonchev–Trinajstić information content (AvgIpc) is 1.09. The van der Waals surface area contributed by atoms with E-state index in [1.807, 2.05) is 0 Å². The predicted molar refractivity (Wildman–Crippen MR) is 53.6 cm³/mol. The van der Waals surface area contributed by atoms with Crippen molar-refractivity contribution in [1.29, 1.82) is 0 Å². The van der Waals surface area contributed by atoms with Crippen LogP contribution in [0.5, 0.6) is 0 Å². The monoisotopic (exact) mass is 270 g/mol. The molecule has 64 valence electrons. The molecule has 0 rings (SSSR count). The van der Waals surface area contributed by atoms with E-state index in [2.05, 4.69) is 39.1 Å². The van der Waals surface area contributed by atoms with Crippen molar-refractivity contribution in [3.63, 3.8) is 0 Å². The van der Waals surface area contributed by atoms with Gasteiger partial charge in [-0.15, -0.1) is 0 Å². The first-order valence-corrected chi connectivity index (χ1v) is 18.3. The third-order valence-electron chi connectivity index (χ3n) is 0.639. The summed E-state index contributed by atoms with van der Waals surface area (Å²) in [6, 6.07) is 0. The van der Waals surface area contributed by atoms with Crippen LogP contribution in [0.3, 0.4) is 0 Å². The van der Waals surface area contributed by atoms with Crippen LogP contribution < -0.4 is 0 Å². The molecular formula is C7H21OSbSi. The van der Waals surface area contributed by atoms with E-state index in [4.69, 9.17) is 2.70 Å². The molecule has 0 aliphatic heterocycles. The third kappa shape index (κ3) is 9.00. The Morgan fingerprint density at radius 1 is 0.900 bits per heavy atom. The van der Waals surface area contributed by atoms with E-state index in [0.717, 1.165) is 0 Å². The van der Waals surface area contributed by atoms with Crippen molar-refractivity contribution < 1.29 is 2.70 Å². The van der Waals surface area contributed by atoms with Gasteiger partial charge in [0, 0.05) is 0 Å². The summed E-state index contributed by atoms with van der Waals surface area (Å²) >= 11 is -2.41. The fourth-order valence-corrected chi connectivity index (χ4v) is 22.0. The fraction of sp³-hybridized carbons (Fsp3) is 1.00. The van der Waals surface area contributed by atoms with Gasteiger partial charge in [-0.2, -0.15) is 0 Å². The second-order valence-corrected chi connectivity index (χ2v) is 31.1. The van der Waals surface area contributed by atoms with E-state index in [9.17, 15) is 0 Å². The van der Waals surface area contributed by atoms with E-state index in [0.29, 0.717) is 0 Å². The molecule has 3 heteroatoms. The molecule has 0 aromatic rings. The van der Waals surface area contributed by atoms with Crippen molar-refractivity contribution in [1.82, 2.24) is 0 Å². The number of hydrogen-bond donors (Lipinski definition) is 0. The standard InChI is InChI=1S/C3H9OSi.4CH3.Sb/c1-5(2,3)4;;;;;/h1-3H3;4*1H3;/q-1;;;;;+1. The molecule has 0 fully saturated rings. The summed E-state index contributed by atoms with van der Waals surface area (Å²) in [5.41, 5.74) is 0. The van der Waals surface area contributed by atoms with Gasteiger partial charge in [-0.25, -0.2) is 0 Å². The zero-order valence-corrected chi connectivity index (χ0v) is 11.9. The summed E-state index contributed by atoms with van der Waals surface area (Å²) in [5, 5.41) is 0. The van der Waals surface area contributed by atoms with Gasteiger partial charge in [0.1, 0.15) is 0 Å². The number of hydrogen-bond acceptors (Lipinski definition) is 1. The first-order valence-electron chi connectivity index (χ1n) is 3.68. The summed E-state index contributed by atoms with van der Waals surface area (Å²) in [6.45, 7) is 6.79. The minimum absolute atomic E-state index is 1.28. The van der Waals surface area contributed by atoms with Gasteiger partial charge in [-0.05, 0) is 0 Å². The van der Waals surface area contributed by atoms with Crippen LogP contribution in [0.2, 0.25) is 39.1 Å². The van der Waals surface area contributed by atoms with Gasteiger partial charge in [0.15, 0.2) is 0 Å². The molecule has 0 aromatic carbocycles. The molecule has 0 spiro atoms. The van der Waals surface area contributed by atoms with Gasteiger partial charge in [0.2, 0.25) is 0 Å². The predicted octanol–water partition coefficient (Wildman–Crippen LogP) is 3.26. The Balaban J connectivity index is 4.18. The van der Waals surface area contributed by atoms with Gasteiger partial charge in [-0.1, -0.05) is 0 Å². The first-order chi connectivity index (χ1) is 3.96. The molecule has 0 saturated carbocycles. The summed E-state index contributed by atoms with van der Waals surface area (Å²) < 4.78 is 6.15. The van der Waals surface area contributed by atoms with E-state index < -0.39 is 26.1 Å². The Labute approximate surface area is 67.9 Å². The Morgan fingerprint density at radius 2 is 1.20 bits per heavy atom. The van der Waals surface area contributed by atoms with Crippen LogP contribution in [-0.4, -0.2) is 26.1 Å². The molecule has 0 unspecified atom stereocenters. The SMILES string of the molecule is C[Si](C)(C)[O][Sb]([CH3])([CH3])([CH3])[CH3]. The van der Waals surface area contributed by atoms with Crippen LogP contribution >= 0.6 is 0 Å². The molecule has 0 aromatic heterocycles. The fourth-order valence-electron chi connectivity index (χ4n) is 1.10. The molecule has 0 N–H and O–H groups in total. The summed E-state index contributed by atoms with van der Waals surface area (Å²) in [4.78, 5) is 9.30. The molecule has 0 saturated heterocycles. The van der Waals surface area contributed by atoms with Crippen molar-refractivity contribution >= 4 is 26.1 Å². The van der Waals surface area contributed by atoms with Crippen LogP contribution in [0.25, 0.3) is 0 Å². The van der Waals surface area contributed by atoms with Crippen molar-refractivity contribution in [3.05, 3.63) is 0 Å². The quantitative estimate of drug-likeness (QED) is 0.700. The Kier molecular flexibility index (Phi) is 2.75. The Bertz CT molecular complexity index is 120.